The first kappa shape index (κ1) is 15.2. The van der Waals surface area contributed by atoms with E-state index in [1.165, 1.54) is 18.4 Å². The fourth-order valence-corrected chi connectivity index (χ4v) is 2.07. The smallest absolute Gasteiger partial charge is 0.225 e. The molecule has 0 saturated heterocycles. The number of nitrogens with one attached hydrogen (secondary N) is 1. The second-order valence-electron chi connectivity index (χ2n) is 5.21. The lowest BCUT2D eigenvalue weighted by Gasteiger charge is -2.21. The summed E-state index contributed by atoms with van der Waals surface area (Å²) in [6.45, 7) is 10.3. The third kappa shape index (κ3) is 4.42. The van der Waals surface area contributed by atoms with Crippen LogP contribution in [-0.2, 0) is 11.3 Å². The molecule has 0 spiro atoms. The van der Waals surface area contributed by atoms with Gasteiger partial charge in [-0.3, -0.25) is 0 Å². The number of aryl methyl sites for hydroxylation is 1. The minimum atomic E-state index is 0.715. The molecule has 1 aromatic rings. The Kier molecular flexibility index (Phi) is 5.73. The number of likely N-dealkylation sites (N-methyl/N-ethyl adjacent to an activating group) is 1. The van der Waals surface area contributed by atoms with Gasteiger partial charge in [0.25, 0.3) is 0 Å². The highest BCUT2D eigenvalue weighted by Crippen LogP contribution is 2.20. The predicted octanol–water partition coefficient (Wildman–Crippen LogP) is 1.90. The Bertz CT molecular complexity index is 420. The molecule has 0 unspecified atom stereocenters. The Morgan fingerprint density at radius 1 is 1.40 bits per heavy atom. The summed E-state index contributed by atoms with van der Waals surface area (Å²) in [7, 11) is 0. The van der Waals surface area contributed by atoms with Crippen molar-refractivity contribution >= 4 is 5.95 Å². The highest BCUT2D eigenvalue weighted by Gasteiger charge is 2.20. The van der Waals surface area contributed by atoms with Crippen molar-refractivity contribution in [1.82, 2.24) is 15.3 Å². The molecule has 1 N–H and O–H groups in total. The number of anilines is 1. The highest BCUT2D eigenvalue weighted by molar-refractivity contribution is 5.32. The first-order valence-electron chi connectivity index (χ1n) is 7.63. The van der Waals surface area contributed by atoms with Gasteiger partial charge in [0, 0.05) is 49.7 Å². The molecular weight excluding hydrogens is 252 g/mol. The van der Waals surface area contributed by atoms with Gasteiger partial charge in [-0.1, -0.05) is 0 Å². The van der Waals surface area contributed by atoms with E-state index in [0.29, 0.717) is 6.04 Å². The molecule has 0 bridgehead atoms. The summed E-state index contributed by atoms with van der Waals surface area (Å²) in [6.07, 6.45) is 4.56. The molecule has 1 heterocycles. The van der Waals surface area contributed by atoms with Crippen molar-refractivity contribution in [3.8, 4) is 0 Å². The molecule has 1 fully saturated rings. The fraction of sp³-hybridized carbons (Fsp3) is 0.733. The van der Waals surface area contributed by atoms with Crippen LogP contribution in [0, 0.1) is 6.92 Å². The summed E-state index contributed by atoms with van der Waals surface area (Å²) < 4.78 is 5.41. The Balaban J connectivity index is 1.94. The van der Waals surface area contributed by atoms with Crippen LogP contribution >= 0.6 is 0 Å². The Labute approximate surface area is 121 Å². The molecule has 1 aliphatic rings. The summed E-state index contributed by atoms with van der Waals surface area (Å²) >= 11 is 0. The van der Waals surface area contributed by atoms with Gasteiger partial charge in [-0.05, 0) is 33.6 Å². The maximum Gasteiger partial charge on any atom is 0.225 e. The van der Waals surface area contributed by atoms with Crippen LogP contribution in [-0.4, -0.2) is 42.3 Å². The summed E-state index contributed by atoms with van der Waals surface area (Å²) in [4.78, 5) is 11.3. The Morgan fingerprint density at radius 2 is 2.20 bits per heavy atom. The first-order valence-corrected chi connectivity index (χ1v) is 7.63. The van der Waals surface area contributed by atoms with Crippen molar-refractivity contribution < 1.29 is 4.74 Å². The van der Waals surface area contributed by atoms with Crippen LogP contribution in [0.15, 0.2) is 6.20 Å². The van der Waals surface area contributed by atoms with Crippen LogP contribution in [0.4, 0.5) is 5.95 Å². The molecule has 5 nitrogen and oxygen atoms in total. The van der Waals surface area contributed by atoms with Crippen LogP contribution in [0.3, 0.4) is 0 Å². The third-order valence-electron chi connectivity index (χ3n) is 3.60. The van der Waals surface area contributed by atoms with Crippen molar-refractivity contribution in [3.63, 3.8) is 0 Å². The second kappa shape index (κ2) is 7.55. The average molecular weight is 278 g/mol. The number of aromatic nitrogens is 2. The van der Waals surface area contributed by atoms with Crippen LogP contribution in [0.5, 0.6) is 0 Å². The summed E-state index contributed by atoms with van der Waals surface area (Å²) in [5, 5.41) is 3.50. The molecule has 0 aromatic carbocycles. The number of ether oxygens (including phenoxy) is 1. The molecule has 1 saturated carbocycles. The Morgan fingerprint density at radius 3 is 2.80 bits per heavy atom. The first-order chi connectivity index (χ1) is 9.74. The molecule has 0 atom stereocenters. The number of hydrogen-bond acceptors (Lipinski definition) is 5. The zero-order valence-corrected chi connectivity index (χ0v) is 12.9. The summed E-state index contributed by atoms with van der Waals surface area (Å²) in [5.41, 5.74) is 2.26. The van der Waals surface area contributed by atoms with Gasteiger partial charge in [-0.15, -0.1) is 0 Å². The molecule has 2 rings (SSSR count). The van der Waals surface area contributed by atoms with E-state index in [1.807, 2.05) is 13.1 Å². The maximum absolute atomic E-state index is 5.41. The van der Waals surface area contributed by atoms with Crippen molar-refractivity contribution in [1.29, 1.82) is 0 Å². The van der Waals surface area contributed by atoms with Gasteiger partial charge in [-0.2, -0.15) is 0 Å². The molecule has 1 aromatic heterocycles. The van der Waals surface area contributed by atoms with Crippen LogP contribution < -0.4 is 10.2 Å². The topological polar surface area (TPSA) is 50.3 Å². The van der Waals surface area contributed by atoms with Crippen LogP contribution in [0.2, 0.25) is 0 Å². The van der Waals surface area contributed by atoms with Gasteiger partial charge >= 0.3 is 0 Å². The van der Waals surface area contributed by atoms with E-state index >= 15 is 0 Å². The van der Waals surface area contributed by atoms with Gasteiger partial charge in [0.15, 0.2) is 0 Å². The fourth-order valence-electron chi connectivity index (χ4n) is 2.07. The van der Waals surface area contributed by atoms with Gasteiger partial charge < -0.3 is 15.0 Å². The van der Waals surface area contributed by atoms with Crippen molar-refractivity contribution in [2.75, 3.05) is 31.2 Å². The van der Waals surface area contributed by atoms with E-state index in [0.717, 1.165) is 44.5 Å². The molecule has 112 valence electrons. The summed E-state index contributed by atoms with van der Waals surface area (Å²) in [5.74, 6) is 0.805. The molecule has 1 aliphatic carbocycles. The largest absolute Gasteiger partial charge is 0.380 e. The molecule has 0 aliphatic heterocycles. The monoisotopic (exact) mass is 278 g/mol. The van der Waals surface area contributed by atoms with Gasteiger partial charge in [-0.25, -0.2) is 9.97 Å². The van der Waals surface area contributed by atoms with Gasteiger partial charge in [0.1, 0.15) is 0 Å². The number of hydrogen-bond donors (Lipinski definition) is 1. The van der Waals surface area contributed by atoms with Crippen LogP contribution in [0.1, 0.15) is 37.9 Å². The predicted molar refractivity (Wildman–Crippen MR) is 81.0 cm³/mol. The zero-order chi connectivity index (χ0) is 14.4. The highest BCUT2D eigenvalue weighted by atomic mass is 16.5. The van der Waals surface area contributed by atoms with Crippen molar-refractivity contribution in [2.45, 2.75) is 46.2 Å². The SMILES string of the molecule is CCOCCN(CC)c1ncc(CNC2CC2)c(C)n1. The molecule has 5 heteroatoms. The summed E-state index contributed by atoms with van der Waals surface area (Å²) in [6, 6.07) is 0.715. The zero-order valence-electron chi connectivity index (χ0n) is 12.9. The normalized spacial score (nSPS) is 14.6. The van der Waals surface area contributed by atoms with Crippen molar-refractivity contribution in [2.24, 2.45) is 0 Å². The van der Waals surface area contributed by atoms with Crippen LogP contribution in [0.25, 0.3) is 0 Å². The van der Waals surface area contributed by atoms with Gasteiger partial charge in [0.2, 0.25) is 5.95 Å². The minimum absolute atomic E-state index is 0.715. The van der Waals surface area contributed by atoms with Gasteiger partial charge in [0.05, 0.1) is 6.61 Å². The third-order valence-corrected chi connectivity index (χ3v) is 3.60. The molecule has 0 radical (unpaired) electrons. The van der Waals surface area contributed by atoms with E-state index < -0.39 is 0 Å². The number of nitrogens with zero attached hydrogens (tertiary/aromatic N) is 3. The lowest BCUT2D eigenvalue weighted by molar-refractivity contribution is 0.153. The maximum atomic E-state index is 5.41. The molecule has 0 amide bonds. The lowest BCUT2D eigenvalue weighted by atomic mass is 10.2. The van der Waals surface area contributed by atoms with E-state index in [1.54, 1.807) is 0 Å². The van der Waals surface area contributed by atoms with E-state index in [9.17, 15) is 0 Å². The quantitative estimate of drug-likeness (QED) is 0.699. The standard InChI is InChI=1S/C15H26N4O/c1-4-19(8-9-20-5-2)15-17-11-13(12(3)18-15)10-16-14-6-7-14/h11,14,16H,4-10H2,1-3H3. The number of rotatable bonds is 9. The Hall–Kier alpha value is -1.20. The average Bonchev–Trinajstić information content (AvgIpc) is 3.26. The van der Waals surface area contributed by atoms with E-state index in [4.69, 9.17) is 4.74 Å². The van der Waals surface area contributed by atoms with E-state index in [-0.39, 0.29) is 0 Å². The minimum Gasteiger partial charge on any atom is -0.380 e. The molecular formula is C15H26N4O. The lowest BCUT2D eigenvalue weighted by Crippen LogP contribution is -2.29. The van der Waals surface area contributed by atoms with E-state index in [2.05, 4.69) is 34.0 Å². The van der Waals surface area contributed by atoms with Crippen molar-refractivity contribution in [3.05, 3.63) is 17.5 Å². The molecule has 20 heavy (non-hydrogen) atoms. The second-order valence-corrected chi connectivity index (χ2v) is 5.21.